The summed E-state index contributed by atoms with van der Waals surface area (Å²) in [6.45, 7) is 2.12. The van der Waals surface area contributed by atoms with Crippen LogP contribution in [-0.4, -0.2) is 39.3 Å². The Bertz CT molecular complexity index is 469. The first-order valence-corrected chi connectivity index (χ1v) is 9.39. The van der Waals surface area contributed by atoms with Gasteiger partial charge in [-0.3, -0.25) is 9.59 Å². The van der Waals surface area contributed by atoms with Crippen LogP contribution in [0.2, 0.25) is 0 Å². The van der Waals surface area contributed by atoms with E-state index in [-0.39, 0.29) is 30.5 Å². The zero-order chi connectivity index (χ0) is 18.7. The second kappa shape index (κ2) is 12.0. The van der Waals surface area contributed by atoms with Crippen molar-refractivity contribution in [1.29, 1.82) is 0 Å². The number of aliphatic hydroxyl groups excluding tert-OH is 2. The van der Waals surface area contributed by atoms with Crippen LogP contribution >= 0.6 is 0 Å². The molecule has 0 aliphatic heterocycles. The monoisotopic (exact) mass is 352 g/mol. The van der Waals surface area contributed by atoms with Crippen molar-refractivity contribution >= 4 is 11.8 Å². The lowest BCUT2D eigenvalue weighted by Gasteiger charge is -2.17. The molecule has 4 atom stereocenters. The van der Waals surface area contributed by atoms with E-state index in [1.165, 1.54) is 0 Å². The topological polar surface area (TPSA) is 94.8 Å². The first-order valence-electron chi connectivity index (χ1n) is 9.39. The number of carbonyl (C=O) groups is 2. The van der Waals surface area contributed by atoms with Crippen LogP contribution in [0.15, 0.2) is 24.3 Å². The number of hydrogen-bond donors (Lipinski definition) is 3. The molecule has 1 fully saturated rings. The summed E-state index contributed by atoms with van der Waals surface area (Å²) in [5.41, 5.74) is 0. The van der Waals surface area contributed by atoms with Gasteiger partial charge < -0.3 is 15.3 Å². The summed E-state index contributed by atoms with van der Waals surface area (Å²) < 4.78 is 0. The number of carbonyl (C=O) groups excluding carboxylic acids is 1. The van der Waals surface area contributed by atoms with Crippen molar-refractivity contribution < 1.29 is 24.9 Å². The number of hydrogen-bond acceptors (Lipinski definition) is 4. The number of rotatable bonds is 12. The van der Waals surface area contributed by atoms with Crippen molar-refractivity contribution in [1.82, 2.24) is 0 Å². The first kappa shape index (κ1) is 21.6. The fourth-order valence-electron chi connectivity index (χ4n) is 3.27. The lowest BCUT2D eigenvalue weighted by atomic mass is 9.88. The second-order valence-electron chi connectivity index (χ2n) is 6.86. The van der Waals surface area contributed by atoms with Crippen molar-refractivity contribution in [2.45, 2.75) is 76.9 Å². The van der Waals surface area contributed by atoms with Crippen molar-refractivity contribution in [3.63, 3.8) is 0 Å². The van der Waals surface area contributed by atoms with E-state index in [1.807, 2.05) is 12.2 Å². The third kappa shape index (κ3) is 8.45. The highest BCUT2D eigenvalue weighted by Gasteiger charge is 2.39. The van der Waals surface area contributed by atoms with Crippen LogP contribution < -0.4 is 0 Å². The highest BCUT2D eigenvalue weighted by molar-refractivity contribution is 5.84. The summed E-state index contributed by atoms with van der Waals surface area (Å²) in [6, 6.07) is 0. The SMILES string of the molecule is CCCCC[C@@H]1C(=O)C[C@@H](O)[C@H]1/C=C/[C@@H](O)C/C=C\CCCC(=O)O. The minimum Gasteiger partial charge on any atom is -0.481 e. The molecule has 1 rings (SSSR count). The number of allylic oxidation sites excluding steroid dienone is 1. The van der Waals surface area contributed by atoms with Gasteiger partial charge in [-0.1, -0.05) is 50.5 Å². The molecule has 0 heterocycles. The Morgan fingerprint density at radius 2 is 2.04 bits per heavy atom. The molecule has 5 heteroatoms. The molecule has 0 amide bonds. The summed E-state index contributed by atoms with van der Waals surface area (Å²) in [4.78, 5) is 22.4. The van der Waals surface area contributed by atoms with Gasteiger partial charge in [0, 0.05) is 24.7 Å². The number of carboxylic acid groups (broad SMARTS) is 1. The maximum absolute atomic E-state index is 12.0. The van der Waals surface area contributed by atoms with E-state index in [4.69, 9.17) is 5.11 Å². The summed E-state index contributed by atoms with van der Waals surface area (Å²) in [6.07, 6.45) is 11.9. The van der Waals surface area contributed by atoms with Crippen LogP contribution in [0.3, 0.4) is 0 Å². The summed E-state index contributed by atoms with van der Waals surface area (Å²) in [5, 5.41) is 28.7. The zero-order valence-corrected chi connectivity index (χ0v) is 15.1. The fourth-order valence-corrected chi connectivity index (χ4v) is 3.27. The molecule has 1 saturated carbocycles. The minimum absolute atomic E-state index is 0.128. The molecule has 0 unspecified atom stereocenters. The number of carboxylic acids is 1. The van der Waals surface area contributed by atoms with Gasteiger partial charge in [-0.05, 0) is 25.7 Å². The fraction of sp³-hybridized carbons (Fsp3) is 0.700. The van der Waals surface area contributed by atoms with E-state index in [2.05, 4.69) is 6.92 Å². The van der Waals surface area contributed by atoms with Crippen molar-refractivity contribution in [3.8, 4) is 0 Å². The number of aliphatic carboxylic acids is 1. The molecular weight excluding hydrogens is 320 g/mol. The molecule has 0 radical (unpaired) electrons. The van der Waals surface area contributed by atoms with Gasteiger partial charge in [0.15, 0.2) is 0 Å². The Balaban J connectivity index is 2.41. The van der Waals surface area contributed by atoms with Gasteiger partial charge in [0.1, 0.15) is 5.78 Å². The van der Waals surface area contributed by atoms with Crippen LogP contribution in [0.5, 0.6) is 0 Å². The van der Waals surface area contributed by atoms with Gasteiger partial charge in [0.25, 0.3) is 0 Å². The zero-order valence-electron chi connectivity index (χ0n) is 15.1. The van der Waals surface area contributed by atoms with Gasteiger partial charge in [-0.15, -0.1) is 0 Å². The van der Waals surface area contributed by atoms with Crippen molar-refractivity contribution in [2.75, 3.05) is 0 Å². The molecule has 3 N–H and O–H groups in total. The molecular formula is C20H32O5. The van der Waals surface area contributed by atoms with Crippen LogP contribution in [0.1, 0.15) is 64.7 Å². The first-order chi connectivity index (χ1) is 12.0. The number of aliphatic hydroxyl groups is 2. The maximum atomic E-state index is 12.0. The van der Waals surface area contributed by atoms with E-state index in [0.29, 0.717) is 19.3 Å². The molecule has 0 aromatic heterocycles. The molecule has 1 aliphatic rings. The smallest absolute Gasteiger partial charge is 0.303 e. The van der Waals surface area contributed by atoms with Crippen molar-refractivity contribution in [3.05, 3.63) is 24.3 Å². The summed E-state index contributed by atoms with van der Waals surface area (Å²) >= 11 is 0. The molecule has 25 heavy (non-hydrogen) atoms. The molecule has 0 aromatic carbocycles. The van der Waals surface area contributed by atoms with Crippen LogP contribution in [-0.2, 0) is 9.59 Å². The lowest BCUT2D eigenvalue weighted by molar-refractivity contribution is -0.137. The largest absolute Gasteiger partial charge is 0.481 e. The minimum atomic E-state index is -0.797. The van der Waals surface area contributed by atoms with E-state index in [1.54, 1.807) is 12.2 Å². The van der Waals surface area contributed by atoms with E-state index in [0.717, 1.165) is 25.7 Å². The number of unbranched alkanes of at least 4 members (excludes halogenated alkanes) is 3. The normalized spacial score (nSPS) is 25.2. The molecule has 0 aromatic rings. The molecule has 142 valence electrons. The van der Waals surface area contributed by atoms with Gasteiger partial charge in [0.05, 0.1) is 12.2 Å². The summed E-state index contributed by atoms with van der Waals surface area (Å²) in [7, 11) is 0. The molecule has 0 bridgehead atoms. The predicted molar refractivity (Wildman–Crippen MR) is 97.1 cm³/mol. The van der Waals surface area contributed by atoms with Gasteiger partial charge in [-0.25, -0.2) is 0 Å². The van der Waals surface area contributed by atoms with E-state index < -0.39 is 18.2 Å². The second-order valence-corrected chi connectivity index (χ2v) is 6.86. The van der Waals surface area contributed by atoms with E-state index >= 15 is 0 Å². The van der Waals surface area contributed by atoms with Crippen molar-refractivity contribution in [2.24, 2.45) is 11.8 Å². The Labute approximate surface area is 150 Å². The predicted octanol–water partition coefficient (Wildman–Crippen LogP) is 3.25. The Morgan fingerprint density at radius 3 is 2.72 bits per heavy atom. The van der Waals surface area contributed by atoms with Gasteiger partial charge in [-0.2, -0.15) is 0 Å². The lowest BCUT2D eigenvalue weighted by Crippen LogP contribution is -2.19. The third-order valence-corrected chi connectivity index (χ3v) is 4.71. The van der Waals surface area contributed by atoms with E-state index in [9.17, 15) is 19.8 Å². The summed E-state index contributed by atoms with van der Waals surface area (Å²) in [5.74, 6) is -0.990. The Morgan fingerprint density at radius 1 is 1.28 bits per heavy atom. The van der Waals surface area contributed by atoms with Crippen LogP contribution in [0, 0.1) is 11.8 Å². The molecule has 1 aliphatic carbocycles. The molecule has 0 spiro atoms. The highest BCUT2D eigenvalue weighted by atomic mass is 16.4. The molecule has 5 nitrogen and oxygen atoms in total. The Hall–Kier alpha value is -1.46. The molecule has 0 saturated heterocycles. The quantitative estimate of drug-likeness (QED) is 0.370. The maximum Gasteiger partial charge on any atom is 0.303 e. The Kier molecular flexibility index (Phi) is 10.3. The average Bonchev–Trinajstić information content (AvgIpc) is 2.82. The van der Waals surface area contributed by atoms with Gasteiger partial charge in [0.2, 0.25) is 0 Å². The highest BCUT2D eigenvalue weighted by Crippen LogP contribution is 2.34. The average molecular weight is 352 g/mol. The third-order valence-electron chi connectivity index (χ3n) is 4.71. The van der Waals surface area contributed by atoms with Gasteiger partial charge >= 0.3 is 5.97 Å². The van der Waals surface area contributed by atoms with Crippen LogP contribution in [0.4, 0.5) is 0 Å². The van der Waals surface area contributed by atoms with Crippen LogP contribution in [0.25, 0.3) is 0 Å². The number of ketones is 1. The standard InChI is InChI=1S/C20H32O5/c1-2-3-6-10-16-17(19(23)14-18(16)22)13-12-15(21)9-7-4-5-8-11-20(24)25/h4,7,12-13,15-17,19,21,23H,2-3,5-6,8-11,14H2,1H3,(H,24,25)/b7-4-,13-12+/t15-,16-,17-,19+/m0/s1. The number of Topliss-reactive ketones (excluding diaryl/α,β-unsaturated/α-hetero) is 1.